The van der Waals surface area contributed by atoms with Crippen molar-refractivity contribution in [2.24, 2.45) is 0 Å². The van der Waals surface area contributed by atoms with Gasteiger partial charge < -0.3 is 14.5 Å². The second-order valence-electron chi connectivity index (χ2n) is 4.27. The fourth-order valence-electron chi connectivity index (χ4n) is 1.88. The van der Waals surface area contributed by atoms with Crippen LogP contribution in [0, 0.1) is 0 Å². The molecule has 0 fully saturated rings. The van der Waals surface area contributed by atoms with E-state index in [0.29, 0.717) is 12.6 Å². The van der Waals surface area contributed by atoms with E-state index in [9.17, 15) is 0 Å². The van der Waals surface area contributed by atoms with Crippen LogP contribution in [0.15, 0.2) is 41.3 Å². The van der Waals surface area contributed by atoms with Gasteiger partial charge in [-0.2, -0.15) is 0 Å². The average molecular weight is 246 g/mol. The van der Waals surface area contributed by atoms with Crippen LogP contribution in [-0.4, -0.2) is 18.1 Å². The molecule has 0 spiro atoms. The van der Waals surface area contributed by atoms with Crippen molar-refractivity contribution in [3.63, 3.8) is 0 Å². The lowest BCUT2D eigenvalue weighted by Crippen LogP contribution is -2.27. The minimum atomic E-state index is 0.339. The lowest BCUT2D eigenvalue weighted by Gasteiger charge is -2.15. The van der Waals surface area contributed by atoms with Crippen molar-refractivity contribution < 1.29 is 9.15 Å². The van der Waals surface area contributed by atoms with Gasteiger partial charge in [0.15, 0.2) is 6.39 Å². The summed E-state index contributed by atoms with van der Waals surface area (Å²) in [4.78, 5) is 3.88. The molecule has 0 saturated carbocycles. The zero-order chi connectivity index (χ0) is 12.8. The topological polar surface area (TPSA) is 47.3 Å². The lowest BCUT2D eigenvalue weighted by molar-refractivity contribution is 0.404. The van der Waals surface area contributed by atoms with Gasteiger partial charge in [0.2, 0.25) is 0 Å². The molecule has 2 rings (SSSR count). The number of hydrogen-bond acceptors (Lipinski definition) is 4. The van der Waals surface area contributed by atoms with E-state index < -0.39 is 0 Å². The van der Waals surface area contributed by atoms with Gasteiger partial charge in [-0.1, -0.05) is 18.2 Å². The third kappa shape index (κ3) is 3.34. The fourth-order valence-corrected chi connectivity index (χ4v) is 1.88. The number of hydrogen-bond donors (Lipinski definition) is 1. The molecular formula is C14H18N2O2. The summed E-state index contributed by atoms with van der Waals surface area (Å²) < 4.78 is 10.5. The maximum Gasteiger partial charge on any atom is 0.180 e. The van der Waals surface area contributed by atoms with Gasteiger partial charge in [-0.25, -0.2) is 4.98 Å². The van der Waals surface area contributed by atoms with Crippen molar-refractivity contribution in [2.75, 3.05) is 7.11 Å². The van der Waals surface area contributed by atoms with Crippen molar-refractivity contribution in [1.82, 2.24) is 10.3 Å². The van der Waals surface area contributed by atoms with Crippen molar-refractivity contribution in [1.29, 1.82) is 0 Å². The van der Waals surface area contributed by atoms with Gasteiger partial charge in [0, 0.05) is 6.04 Å². The number of oxazole rings is 1. The number of para-hydroxylation sites is 1. The summed E-state index contributed by atoms with van der Waals surface area (Å²) in [6.45, 7) is 2.83. The van der Waals surface area contributed by atoms with E-state index in [-0.39, 0.29) is 0 Å². The summed E-state index contributed by atoms with van der Waals surface area (Å²) in [6, 6.07) is 8.42. The monoisotopic (exact) mass is 246 g/mol. The Morgan fingerprint density at radius 1 is 1.39 bits per heavy atom. The third-order valence-corrected chi connectivity index (χ3v) is 2.83. The van der Waals surface area contributed by atoms with Crippen molar-refractivity contribution >= 4 is 0 Å². The van der Waals surface area contributed by atoms with Crippen LogP contribution in [0.4, 0.5) is 0 Å². The van der Waals surface area contributed by atoms with E-state index in [1.807, 2.05) is 18.2 Å². The van der Waals surface area contributed by atoms with E-state index in [2.05, 4.69) is 23.3 Å². The molecule has 0 aliphatic carbocycles. The van der Waals surface area contributed by atoms with Crippen LogP contribution >= 0.6 is 0 Å². The highest BCUT2D eigenvalue weighted by atomic mass is 16.5. The zero-order valence-electron chi connectivity index (χ0n) is 10.7. The van der Waals surface area contributed by atoms with Crippen LogP contribution in [0.1, 0.15) is 18.2 Å². The number of nitrogens with zero attached hydrogens (tertiary/aromatic N) is 1. The molecule has 4 heteroatoms. The highest BCUT2D eigenvalue weighted by Crippen LogP contribution is 2.18. The Labute approximate surface area is 107 Å². The Bertz CT molecular complexity index is 468. The van der Waals surface area contributed by atoms with E-state index in [4.69, 9.17) is 9.15 Å². The molecule has 1 N–H and O–H groups in total. The van der Waals surface area contributed by atoms with Crippen LogP contribution in [0.2, 0.25) is 0 Å². The van der Waals surface area contributed by atoms with E-state index in [1.54, 1.807) is 13.3 Å². The van der Waals surface area contributed by atoms with Crippen LogP contribution < -0.4 is 10.1 Å². The van der Waals surface area contributed by atoms with Crippen molar-refractivity contribution in [2.45, 2.75) is 25.9 Å². The molecule has 0 aliphatic heterocycles. The molecule has 96 valence electrons. The van der Waals surface area contributed by atoms with Gasteiger partial charge in [-0.3, -0.25) is 0 Å². The summed E-state index contributed by atoms with van der Waals surface area (Å²) >= 11 is 0. The zero-order valence-corrected chi connectivity index (χ0v) is 10.7. The molecule has 4 nitrogen and oxygen atoms in total. The van der Waals surface area contributed by atoms with E-state index in [0.717, 1.165) is 17.9 Å². The largest absolute Gasteiger partial charge is 0.496 e. The van der Waals surface area contributed by atoms with Gasteiger partial charge in [0.05, 0.1) is 19.9 Å². The van der Waals surface area contributed by atoms with Gasteiger partial charge >= 0.3 is 0 Å². The number of aromatic nitrogens is 1. The molecule has 0 radical (unpaired) electrons. The summed E-state index contributed by atoms with van der Waals surface area (Å²) in [5.74, 6) is 1.78. The molecule has 1 aromatic carbocycles. The first-order valence-electron chi connectivity index (χ1n) is 6.02. The van der Waals surface area contributed by atoms with E-state index >= 15 is 0 Å². The van der Waals surface area contributed by atoms with Gasteiger partial charge in [-0.15, -0.1) is 0 Å². The Balaban J connectivity index is 1.88. The minimum absolute atomic E-state index is 0.339. The van der Waals surface area contributed by atoms with E-state index in [1.165, 1.54) is 12.0 Å². The maximum absolute atomic E-state index is 5.34. The number of ether oxygens (including phenoxy) is 1. The second-order valence-corrected chi connectivity index (χ2v) is 4.27. The molecule has 0 amide bonds. The standard InChI is InChI=1S/C14H18N2O2/c1-11(16-9-13-8-15-10-18-13)7-12-5-3-4-6-14(12)17-2/h3-6,8,10-11,16H,7,9H2,1-2H3. The molecule has 18 heavy (non-hydrogen) atoms. The highest BCUT2D eigenvalue weighted by Gasteiger charge is 2.08. The summed E-state index contributed by atoms with van der Waals surface area (Å²) in [5.41, 5.74) is 1.21. The van der Waals surface area contributed by atoms with Crippen LogP contribution in [-0.2, 0) is 13.0 Å². The predicted molar refractivity (Wildman–Crippen MR) is 69.5 cm³/mol. The normalized spacial score (nSPS) is 12.3. The van der Waals surface area contributed by atoms with Crippen molar-refractivity contribution in [3.05, 3.63) is 48.2 Å². The lowest BCUT2D eigenvalue weighted by atomic mass is 10.1. The number of nitrogens with one attached hydrogen (secondary N) is 1. The number of methoxy groups -OCH3 is 1. The van der Waals surface area contributed by atoms with Crippen LogP contribution in [0.5, 0.6) is 5.75 Å². The molecule has 1 heterocycles. The molecule has 1 atom stereocenters. The Hall–Kier alpha value is -1.81. The third-order valence-electron chi connectivity index (χ3n) is 2.83. The molecule has 1 unspecified atom stereocenters. The Morgan fingerprint density at radius 3 is 2.94 bits per heavy atom. The first kappa shape index (κ1) is 12.6. The fraction of sp³-hybridized carbons (Fsp3) is 0.357. The SMILES string of the molecule is COc1ccccc1CC(C)NCc1cnco1. The van der Waals surface area contributed by atoms with Gasteiger partial charge in [0.1, 0.15) is 11.5 Å². The molecular weight excluding hydrogens is 228 g/mol. The minimum Gasteiger partial charge on any atom is -0.496 e. The molecule has 2 aromatic rings. The Morgan fingerprint density at radius 2 is 2.22 bits per heavy atom. The first-order valence-corrected chi connectivity index (χ1v) is 6.02. The summed E-state index contributed by atoms with van der Waals surface area (Å²) in [5, 5.41) is 3.40. The maximum atomic E-state index is 5.34. The summed E-state index contributed by atoms with van der Waals surface area (Å²) in [6.07, 6.45) is 4.09. The second kappa shape index (κ2) is 6.21. The molecule has 1 aromatic heterocycles. The van der Waals surface area contributed by atoms with Crippen LogP contribution in [0.25, 0.3) is 0 Å². The predicted octanol–water partition coefficient (Wildman–Crippen LogP) is 2.40. The highest BCUT2D eigenvalue weighted by molar-refractivity contribution is 5.33. The van der Waals surface area contributed by atoms with Crippen molar-refractivity contribution in [3.8, 4) is 5.75 Å². The first-order chi connectivity index (χ1) is 8.79. The number of benzene rings is 1. The molecule has 0 saturated heterocycles. The quantitative estimate of drug-likeness (QED) is 0.850. The Kier molecular flexibility index (Phi) is 4.36. The smallest absolute Gasteiger partial charge is 0.180 e. The summed E-state index contributed by atoms with van der Waals surface area (Å²) in [7, 11) is 1.70. The van der Waals surface area contributed by atoms with Crippen LogP contribution in [0.3, 0.4) is 0 Å². The van der Waals surface area contributed by atoms with Gasteiger partial charge in [0.25, 0.3) is 0 Å². The molecule has 0 bridgehead atoms. The molecule has 0 aliphatic rings. The number of rotatable bonds is 6. The van der Waals surface area contributed by atoms with Gasteiger partial charge in [-0.05, 0) is 25.0 Å². The average Bonchev–Trinajstić information content (AvgIpc) is 2.90.